The Hall–Kier alpha value is -1.03. The van der Waals surface area contributed by atoms with Crippen molar-refractivity contribution in [3.8, 4) is 0 Å². The number of hydrogen-bond acceptors (Lipinski definition) is 11. The molecule has 0 radical (unpaired) electrons. The molecule has 2 unspecified atom stereocenters. The van der Waals surface area contributed by atoms with Crippen LogP contribution in [0.4, 0.5) is 0 Å². The van der Waals surface area contributed by atoms with E-state index in [1.165, 1.54) is 0 Å². The van der Waals surface area contributed by atoms with Crippen LogP contribution in [-0.4, -0.2) is 64.3 Å². The molecule has 0 amide bonds. The minimum Gasteiger partial charge on any atom is -0.387 e. The van der Waals surface area contributed by atoms with Crippen LogP contribution in [0.25, 0.3) is 0 Å². The highest BCUT2D eigenvalue weighted by Crippen LogP contribution is 2.66. The summed E-state index contributed by atoms with van der Waals surface area (Å²) in [5, 5.41) is 19.9. The molecule has 6 atom stereocenters. The molecule has 0 bridgehead atoms. The van der Waals surface area contributed by atoms with E-state index in [0.717, 1.165) is 12.3 Å². The predicted octanol–water partition coefficient (Wildman–Crippen LogP) is -2.50. The number of H-pyrrole nitrogens is 1. The number of ether oxygens (including phenoxy) is 1. The molecular formula is C9H15N2O15P3. The zero-order valence-electron chi connectivity index (χ0n) is 13.8. The van der Waals surface area contributed by atoms with Crippen LogP contribution in [-0.2, 0) is 31.6 Å². The minimum atomic E-state index is -5.73. The quantitative estimate of drug-likeness (QED) is 0.188. The standard InChI is InChI=1S/C9H15N2O15P3/c12-5-1-2-11(9(15)10-5)8-7(14)6(13)4(24-8)3-23-28(19,20)26-29(21,22)25-27(16,17)18/h1-2,4,6-8,13-14H,3H2,(H,19,20)(H,21,22)(H,10,12,15)(H2,16,17,18)/t4-,6+,7-,8-/m0/s1. The predicted molar refractivity (Wildman–Crippen MR) is 87.1 cm³/mol. The second kappa shape index (κ2) is 8.61. The molecule has 0 spiro atoms. The average molecular weight is 484 g/mol. The van der Waals surface area contributed by atoms with Gasteiger partial charge in [-0.15, -0.1) is 0 Å². The number of nitrogens with zero attached hydrogens (tertiary/aromatic N) is 1. The van der Waals surface area contributed by atoms with Crippen molar-refractivity contribution in [3.63, 3.8) is 0 Å². The van der Waals surface area contributed by atoms with Crippen LogP contribution in [0.3, 0.4) is 0 Å². The van der Waals surface area contributed by atoms with Crippen LogP contribution in [0.15, 0.2) is 21.9 Å². The zero-order chi connectivity index (χ0) is 22.2. The fraction of sp³-hybridized carbons (Fsp3) is 0.556. The Kier molecular flexibility index (Phi) is 7.20. The van der Waals surface area contributed by atoms with Gasteiger partial charge in [0, 0.05) is 12.3 Å². The van der Waals surface area contributed by atoms with E-state index in [-0.39, 0.29) is 0 Å². The van der Waals surface area contributed by atoms with E-state index in [1.54, 1.807) is 0 Å². The van der Waals surface area contributed by atoms with Gasteiger partial charge in [-0.2, -0.15) is 8.62 Å². The Balaban J connectivity index is 2.06. The van der Waals surface area contributed by atoms with Gasteiger partial charge in [0.1, 0.15) is 18.3 Å². The fourth-order valence-electron chi connectivity index (χ4n) is 2.20. The molecule has 0 saturated carbocycles. The molecular weight excluding hydrogens is 469 g/mol. The smallest absolute Gasteiger partial charge is 0.387 e. The number of rotatable bonds is 8. The lowest BCUT2D eigenvalue weighted by Gasteiger charge is -2.19. The first-order chi connectivity index (χ1) is 13.1. The van der Waals surface area contributed by atoms with Gasteiger partial charge in [-0.1, -0.05) is 0 Å². The Morgan fingerprint density at radius 3 is 2.21 bits per heavy atom. The number of aromatic nitrogens is 2. The van der Waals surface area contributed by atoms with Crippen molar-refractivity contribution in [2.24, 2.45) is 0 Å². The third-order valence-corrected chi connectivity index (χ3v) is 7.08. The van der Waals surface area contributed by atoms with Gasteiger partial charge in [-0.05, 0) is 0 Å². The largest absolute Gasteiger partial charge is 0.490 e. The summed E-state index contributed by atoms with van der Waals surface area (Å²) in [4.78, 5) is 59.9. The SMILES string of the molecule is O=c1ccn([C@H]2O[C@@H](COP(=O)(O)OP(=O)(O)OP(=O)(O)O)[C@@H](O)[C@@H]2O)c(=O)[nH]1. The summed E-state index contributed by atoms with van der Waals surface area (Å²) in [6, 6.07) is 0.920. The molecule has 7 N–H and O–H groups in total. The van der Waals surface area contributed by atoms with Gasteiger partial charge in [0.2, 0.25) is 0 Å². The van der Waals surface area contributed by atoms with Gasteiger partial charge < -0.3 is 34.5 Å². The van der Waals surface area contributed by atoms with Gasteiger partial charge >= 0.3 is 29.2 Å². The lowest BCUT2D eigenvalue weighted by Crippen LogP contribution is -2.37. The van der Waals surface area contributed by atoms with Crippen LogP contribution in [0.5, 0.6) is 0 Å². The summed E-state index contributed by atoms with van der Waals surface area (Å²) >= 11 is 0. The van der Waals surface area contributed by atoms with Crippen molar-refractivity contribution < 1.29 is 61.4 Å². The lowest BCUT2D eigenvalue weighted by molar-refractivity contribution is -0.0542. The van der Waals surface area contributed by atoms with E-state index < -0.39 is 65.9 Å². The second-order valence-corrected chi connectivity index (χ2v) is 9.87. The first-order valence-electron chi connectivity index (χ1n) is 7.22. The molecule has 29 heavy (non-hydrogen) atoms. The number of nitrogens with one attached hydrogen (secondary N) is 1. The highest BCUT2D eigenvalue weighted by atomic mass is 31.3. The number of aromatic amines is 1. The second-order valence-electron chi connectivity index (χ2n) is 5.45. The van der Waals surface area contributed by atoms with E-state index in [9.17, 15) is 38.4 Å². The third-order valence-electron chi connectivity index (χ3n) is 3.28. The van der Waals surface area contributed by atoms with E-state index in [4.69, 9.17) is 19.4 Å². The summed E-state index contributed by atoms with van der Waals surface area (Å²) in [5.74, 6) is 0. The number of phosphoric acid groups is 3. The summed E-state index contributed by atoms with van der Waals surface area (Å²) in [7, 11) is -16.8. The maximum absolute atomic E-state index is 11.7. The number of aliphatic hydroxyl groups is 2. The molecule has 20 heteroatoms. The summed E-state index contributed by atoms with van der Waals surface area (Å²) in [5.41, 5.74) is -1.74. The van der Waals surface area contributed by atoms with Crippen LogP contribution in [0.2, 0.25) is 0 Å². The highest BCUT2D eigenvalue weighted by Gasteiger charge is 2.46. The molecule has 17 nitrogen and oxygen atoms in total. The number of hydrogen-bond donors (Lipinski definition) is 7. The fourth-order valence-corrected chi connectivity index (χ4v) is 5.23. The van der Waals surface area contributed by atoms with E-state index in [0.29, 0.717) is 4.57 Å². The van der Waals surface area contributed by atoms with Crippen LogP contribution in [0, 0.1) is 0 Å². The molecule has 2 heterocycles. The molecule has 1 saturated heterocycles. The van der Waals surface area contributed by atoms with E-state index in [1.807, 2.05) is 4.98 Å². The van der Waals surface area contributed by atoms with Crippen molar-refractivity contribution in [1.29, 1.82) is 0 Å². The first kappa shape index (κ1) is 24.2. The molecule has 0 aliphatic carbocycles. The molecule has 0 aromatic carbocycles. The molecule has 1 fully saturated rings. The summed E-state index contributed by atoms with van der Waals surface area (Å²) in [6.07, 6.45) is -5.70. The van der Waals surface area contributed by atoms with Crippen molar-refractivity contribution in [1.82, 2.24) is 9.55 Å². The Morgan fingerprint density at radius 2 is 1.66 bits per heavy atom. The van der Waals surface area contributed by atoms with Crippen molar-refractivity contribution in [2.75, 3.05) is 6.61 Å². The topological polar surface area (TPSA) is 264 Å². The highest BCUT2D eigenvalue weighted by molar-refractivity contribution is 7.66. The van der Waals surface area contributed by atoms with Crippen molar-refractivity contribution >= 4 is 23.5 Å². The summed E-state index contributed by atoms with van der Waals surface area (Å²) < 4.78 is 50.6. The summed E-state index contributed by atoms with van der Waals surface area (Å²) in [6.45, 7) is -1.05. The molecule has 2 rings (SSSR count). The number of aliphatic hydroxyl groups excluding tert-OH is 2. The monoisotopic (exact) mass is 484 g/mol. The lowest BCUT2D eigenvalue weighted by atomic mass is 10.1. The molecule has 1 aromatic rings. The zero-order valence-corrected chi connectivity index (χ0v) is 16.5. The molecule has 1 aliphatic heterocycles. The maximum Gasteiger partial charge on any atom is 0.490 e. The van der Waals surface area contributed by atoms with E-state index in [2.05, 4.69) is 13.1 Å². The minimum absolute atomic E-state index is 0.708. The Bertz CT molecular complexity index is 997. The molecule has 1 aromatic heterocycles. The van der Waals surface area contributed by atoms with Crippen molar-refractivity contribution in [2.45, 2.75) is 24.5 Å². The third kappa shape index (κ3) is 6.73. The maximum atomic E-state index is 11.7. The van der Waals surface area contributed by atoms with E-state index >= 15 is 0 Å². The first-order valence-corrected chi connectivity index (χ1v) is 11.7. The normalized spacial score (nSPS) is 29.3. The van der Waals surface area contributed by atoms with Crippen LogP contribution in [0.1, 0.15) is 6.23 Å². The van der Waals surface area contributed by atoms with Gasteiger partial charge in [0.05, 0.1) is 6.61 Å². The Labute approximate surface area is 159 Å². The van der Waals surface area contributed by atoms with Gasteiger partial charge in [-0.3, -0.25) is 18.9 Å². The number of phosphoric ester groups is 1. The van der Waals surface area contributed by atoms with Crippen LogP contribution < -0.4 is 11.2 Å². The Morgan fingerprint density at radius 1 is 1.03 bits per heavy atom. The molecule has 1 aliphatic rings. The average Bonchev–Trinajstić information content (AvgIpc) is 2.78. The van der Waals surface area contributed by atoms with Crippen LogP contribution >= 0.6 is 23.5 Å². The molecule has 166 valence electrons. The van der Waals surface area contributed by atoms with Gasteiger partial charge in [-0.25, -0.2) is 18.5 Å². The van der Waals surface area contributed by atoms with Gasteiger partial charge in [0.15, 0.2) is 6.23 Å². The van der Waals surface area contributed by atoms with Gasteiger partial charge in [0.25, 0.3) is 5.56 Å². The van der Waals surface area contributed by atoms with Crippen molar-refractivity contribution in [3.05, 3.63) is 33.1 Å².